The smallest absolute Gasteiger partial charge is 0.338 e. The summed E-state index contributed by atoms with van der Waals surface area (Å²) in [6.45, 7) is 1.79. The third-order valence-corrected chi connectivity index (χ3v) is 4.25. The second-order valence-electron chi connectivity index (χ2n) is 5.23. The Morgan fingerprint density at radius 2 is 1.84 bits per heavy atom. The van der Waals surface area contributed by atoms with Crippen LogP contribution in [-0.4, -0.2) is 23.9 Å². The van der Waals surface area contributed by atoms with Crippen LogP contribution in [0.5, 0.6) is 0 Å². The molecule has 0 radical (unpaired) electrons. The summed E-state index contributed by atoms with van der Waals surface area (Å²) in [5, 5.41) is 13.8. The fourth-order valence-electron chi connectivity index (χ4n) is 2.27. The van der Waals surface area contributed by atoms with E-state index in [1.165, 1.54) is 6.07 Å². The molecule has 0 heterocycles. The average molecular weight is 407 g/mol. The zero-order chi connectivity index (χ0) is 18.6. The zero-order valence-electron chi connectivity index (χ0n) is 13.5. The number of carbonyl (C=O) groups is 2. The average Bonchev–Trinajstić information content (AvgIpc) is 2.60. The highest BCUT2D eigenvalue weighted by Gasteiger charge is 2.20. The molecule has 1 N–H and O–H groups in total. The summed E-state index contributed by atoms with van der Waals surface area (Å²) in [5.74, 6) is -1.28. The van der Waals surface area contributed by atoms with Crippen molar-refractivity contribution >= 4 is 33.5 Å². The fourth-order valence-corrected chi connectivity index (χ4v) is 2.90. The predicted molar refractivity (Wildman–Crippen MR) is 94.5 cm³/mol. The van der Waals surface area contributed by atoms with Gasteiger partial charge in [0, 0.05) is 22.2 Å². The van der Waals surface area contributed by atoms with Crippen molar-refractivity contribution < 1.29 is 19.2 Å². The number of hydrogen-bond donors (Lipinski definition) is 1. The van der Waals surface area contributed by atoms with Crippen LogP contribution < -0.4 is 5.32 Å². The van der Waals surface area contributed by atoms with E-state index in [-0.39, 0.29) is 22.9 Å². The van der Waals surface area contributed by atoms with Crippen LogP contribution in [0.4, 0.5) is 5.69 Å². The van der Waals surface area contributed by atoms with Crippen molar-refractivity contribution in [2.75, 3.05) is 7.11 Å². The molecule has 2 rings (SSSR count). The molecule has 7 nitrogen and oxygen atoms in total. The quantitative estimate of drug-likeness (QED) is 0.464. The largest absolute Gasteiger partial charge is 0.465 e. The summed E-state index contributed by atoms with van der Waals surface area (Å²) in [7, 11) is 1.16. The Bertz CT molecular complexity index is 838. The Morgan fingerprint density at radius 1 is 1.20 bits per heavy atom. The summed E-state index contributed by atoms with van der Waals surface area (Å²) in [4.78, 5) is 34.5. The number of ether oxygens (including phenoxy) is 1. The molecule has 8 heteroatoms. The van der Waals surface area contributed by atoms with Crippen LogP contribution in [0.2, 0.25) is 0 Å². The van der Waals surface area contributed by atoms with E-state index in [1.54, 1.807) is 6.92 Å². The Kier molecular flexibility index (Phi) is 5.87. The van der Waals surface area contributed by atoms with Gasteiger partial charge >= 0.3 is 5.97 Å². The van der Waals surface area contributed by atoms with Gasteiger partial charge in [0.15, 0.2) is 0 Å². The van der Waals surface area contributed by atoms with Gasteiger partial charge in [-0.1, -0.05) is 34.1 Å². The van der Waals surface area contributed by atoms with Crippen LogP contribution in [0.25, 0.3) is 0 Å². The second-order valence-corrected chi connectivity index (χ2v) is 6.09. The SMILES string of the molecule is COC(=O)c1cc(C(=O)N[C@H](C)c2ccccc2Br)cc([N+](=O)[O-])c1. The van der Waals surface area contributed by atoms with Crippen LogP contribution in [0.1, 0.15) is 39.2 Å². The molecular formula is C17H15BrN2O5. The molecule has 0 aromatic heterocycles. The topological polar surface area (TPSA) is 98.5 Å². The van der Waals surface area contributed by atoms with Gasteiger partial charge in [0.25, 0.3) is 11.6 Å². The number of carbonyl (C=O) groups excluding carboxylic acids is 2. The summed E-state index contributed by atoms with van der Waals surface area (Å²) in [6.07, 6.45) is 0. The Balaban J connectivity index is 2.32. The van der Waals surface area contributed by atoms with E-state index >= 15 is 0 Å². The minimum atomic E-state index is -0.753. The van der Waals surface area contributed by atoms with E-state index in [2.05, 4.69) is 26.0 Å². The molecule has 0 aliphatic heterocycles. The summed E-state index contributed by atoms with van der Waals surface area (Å²) in [5.41, 5.74) is 0.444. The van der Waals surface area contributed by atoms with Crippen molar-refractivity contribution in [3.05, 3.63) is 73.7 Å². The van der Waals surface area contributed by atoms with Crippen molar-refractivity contribution in [3.63, 3.8) is 0 Å². The van der Waals surface area contributed by atoms with Gasteiger partial charge in [-0.3, -0.25) is 14.9 Å². The lowest BCUT2D eigenvalue weighted by Crippen LogP contribution is -2.27. The number of methoxy groups -OCH3 is 1. The third-order valence-electron chi connectivity index (χ3n) is 3.53. The minimum absolute atomic E-state index is 0.00787. The van der Waals surface area contributed by atoms with E-state index in [0.717, 1.165) is 29.3 Å². The first-order valence-electron chi connectivity index (χ1n) is 7.26. The van der Waals surface area contributed by atoms with Crippen molar-refractivity contribution in [1.29, 1.82) is 0 Å². The molecular weight excluding hydrogens is 392 g/mol. The van der Waals surface area contributed by atoms with Crippen LogP contribution >= 0.6 is 15.9 Å². The molecule has 1 atom stereocenters. The maximum Gasteiger partial charge on any atom is 0.338 e. The maximum atomic E-state index is 12.5. The van der Waals surface area contributed by atoms with Gasteiger partial charge in [-0.15, -0.1) is 0 Å². The van der Waals surface area contributed by atoms with Crippen LogP contribution in [0.15, 0.2) is 46.9 Å². The van der Waals surface area contributed by atoms with E-state index in [0.29, 0.717) is 0 Å². The molecule has 0 bridgehead atoms. The molecule has 0 saturated heterocycles. The van der Waals surface area contributed by atoms with Gasteiger partial charge in [0.1, 0.15) is 0 Å². The lowest BCUT2D eigenvalue weighted by Gasteiger charge is -2.16. The number of halogens is 1. The van der Waals surface area contributed by atoms with Gasteiger partial charge in [-0.25, -0.2) is 4.79 Å². The Hall–Kier alpha value is -2.74. The van der Waals surface area contributed by atoms with Crippen molar-refractivity contribution in [1.82, 2.24) is 5.32 Å². The lowest BCUT2D eigenvalue weighted by atomic mass is 10.1. The molecule has 25 heavy (non-hydrogen) atoms. The second kappa shape index (κ2) is 7.89. The van der Waals surface area contributed by atoms with Crippen LogP contribution in [-0.2, 0) is 4.74 Å². The summed E-state index contributed by atoms with van der Waals surface area (Å²) < 4.78 is 5.40. The number of esters is 1. The highest BCUT2D eigenvalue weighted by molar-refractivity contribution is 9.10. The van der Waals surface area contributed by atoms with E-state index in [9.17, 15) is 19.7 Å². The molecule has 1 amide bonds. The fraction of sp³-hybridized carbons (Fsp3) is 0.176. The van der Waals surface area contributed by atoms with Crippen LogP contribution in [0.3, 0.4) is 0 Å². The Labute approximate surface area is 152 Å². The molecule has 0 unspecified atom stereocenters. The number of nitro benzene ring substituents is 1. The van der Waals surface area contributed by atoms with Gasteiger partial charge in [0.2, 0.25) is 0 Å². The van der Waals surface area contributed by atoms with Gasteiger partial charge < -0.3 is 10.1 Å². The van der Waals surface area contributed by atoms with Crippen molar-refractivity contribution in [2.24, 2.45) is 0 Å². The number of non-ortho nitro benzene ring substituents is 1. The third kappa shape index (κ3) is 4.42. The number of rotatable bonds is 5. The Morgan fingerprint density at radius 3 is 2.44 bits per heavy atom. The molecule has 130 valence electrons. The summed E-state index contributed by atoms with van der Waals surface area (Å²) in [6, 6.07) is 10.5. The molecule has 0 fully saturated rings. The highest BCUT2D eigenvalue weighted by Crippen LogP contribution is 2.24. The van der Waals surface area contributed by atoms with Crippen molar-refractivity contribution in [2.45, 2.75) is 13.0 Å². The first-order chi connectivity index (χ1) is 11.8. The normalized spacial score (nSPS) is 11.5. The van der Waals surface area contributed by atoms with E-state index in [1.807, 2.05) is 24.3 Å². The number of hydrogen-bond acceptors (Lipinski definition) is 5. The van der Waals surface area contributed by atoms with Gasteiger partial charge in [0.05, 0.1) is 23.6 Å². The molecule has 0 aliphatic rings. The first-order valence-corrected chi connectivity index (χ1v) is 8.06. The van der Waals surface area contributed by atoms with E-state index in [4.69, 9.17) is 0 Å². The predicted octanol–water partition coefficient (Wildman–Crippen LogP) is 3.63. The highest BCUT2D eigenvalue weighted by atomic mass is 79.9. The molecule has 0 aliphatic carbocycles. The summed E-state index contributed by atoms with van der Waals surface area (Å²) >= 11 is 3.41. The number of nitrogens with one attached hydrogen (secondary N) is 1. The number of nitrogens with zero attached hydrogens (tertiary/aromatic N) is 1. The molecule has 0 saturated carbocycles. The van der Waals surface area contributed by atoms with E-state index < -0.39 is 16.8 Å². The lowest BCUT2D eigenvalue weighted by molar-refractivity contribution is -0.384. The van der Waals surface area contributed by atoms with Crippen molar-refractivity contribution in [3.8, 4) is 0 Å². The number of nitro groups is 1. The zero-order valence-corrected chi connectivity index (χ0v) is 15.1. The number of amides is 1. The first kappa shape index (κ1) is 18.6. The molecule has 2 aromatic carbocycles. The van der Waals surface area contributed by atoms with Gasteiger partial charge in [-0.2, -0.15) is 0 Å². The minimum Gasteiger partial charge on any atom is -0.465 e. The number of benzene rings is 2. The molecule has 2 aromatic rings. The standard InChI is InChI=1S/C17H15BrN2O5/c1-10(14-5-3-4-6-15(14)18)19-16(21)11-7-12(17(22)25-2)9-13(8-11)20(23)24/h3-10H,1-2H3,(H,19,21)/t10-/m1/s1. The van der Waals surface area contributed by atoms with Gasteiger partial charge in [-0.05, 0) is 24.6 Å². The molecule has 0 spiro atoms. The van der Waals surface area contributed by atoms with Crippen LogP contribution in [0, 0.1) is 10.1 Å². The maximum absolute atomic E-state index is 12.5. The monoisotopic (exact) mass is 406 g/mol.